The van der Waals surface area contributed by atoms with Crippen molar-refractivity contribution in [3.8, 4) is 11.5 Å². The maximum Gasteiger partial charge on any atom is 0.338 e. The van der Waals surface area contributed by atoms with E-state index in [0.717, 1.165) is 16.8 Å². The van der Waals surface area contributed by atoms with Gasteiger partial charge in [-0.15, -0.1) is 0 Å². The number of carbonyl (C=O) groups is 1. The van der Waals surface area contributed by atoms with Crippen molar-refractivity contribution in [3.63, 3.8) is 0 Å². The molecular formula is C19H22N2O3. The molecule has 5 heteroatoms. The molecule has 0 fully saturated rings. The third kappa shape index (κ3) is 4.07. The first-order valence-electron chi connectivity index (χ1n) is 7.62. The van der Waals surface area contributed by atoms with Crippen LogP contribution in [0, 0.1) is 0 Å². The Labute approximate surface area is 142 Å². The van der Waals surface area contributed by atoms with Gasteiger partial charge in [-0.3, -0.25) is 0 Å². The molecule has 0 aliphatic heterocycles. The monoisotopic (exact) mass is 326 g/mol. The van der Waals surface area contributed by atoms with Crippen molar-refractivity contribution in [2.24, 2.45) is 0 Å². The third-order valence-corrected chi connectivity index (χ3v) is 3.61. The van der Waals surface area contributed by atoms with E-state index >= 15 is 0 Å². The van der Waals surface area contributed by atoms with E-state index < -0.39 is 5.97 Å². The summed E-state index contributed by atoms with van der Waals surface area (Å²) in [6, 6.07) is 11.1. The van der Waals surface area contributed by atoms with Crippen LogP contribution in [0.1, 0.15) is 18.1 Å². The molecule has 0 bridgehead atoms. The lowest BCUT2D eigenvalue weighted by atomic mass is 10.0. The van der Waals surface area contributed by atoms with Crippen LogP contribution >= 0.6 is 0 Å². The van der Waals surface area contributed by atoms with E-state index in [1.54, 1.807) is 27.1 Å². The Kier molecular flexibility index (Phi) is 5.47. The number of nitrogens with one attached hydrogen (secondary N) is 2. The van der Waals surface area contributed by atoms with Gasteiger partial charge in [-0.1, -0.05) is 18.7 Å². The van der Waals surface area contributed by atoms with Gasteiger partial charge in [-0.25, -0.2) is 4.79 Å². The first-order chi connectivity index (χ1) is 11.4. The molecule has 0 spiro atoms. The summed E-state index contributed by atoms with van der Waals surface area (Å²) in [6.07, 6.45) is 0.610. The van der Waals surface area contributed by atoms with Crippen LogP contribution in [-0.4, -0.2) is 25.2 Å². The summed E-state index contributed by atoms with van der Waals surface area (Å²) in [5.41, 5.74) is 3.67. The second kappa shape index (κ2) is 7.55. The van der Waals surface area contributed by atoms with Crippen LogP contribution in [0.4, 0.5) is 11.4 Å². The number of ether oxygens (including phenoxy) is 1. The number of esters is 1. The summed E-state index contributed by atoms with van der Waals surface area (Å²) in [6.45, 7) is 5.20. The predicted octanol–water partition coefficient (Wildman–Crippen LogP) is 3.55. The zero-order valence-corrected chi connectivity index (χ0v) is 14.1. The summed E-state index contributed by atoms with van der Waals surface area (Å²) in [4.78, 5) is 11.8. The number of benzene rings is 2. The van der Waals surface area contributed by atoms with Crippen molar-refractivity contribution < 1.29 is 14.6 Å². The summed E-state index contributed by atoms with van der Waals surface area (Å²) in [7, 11) is 3.52. The van der Waals surface area contributed by atoms with Gasteiger partial charge in [0.25, 0.3) is 0 Å². The van der Waals surface area contributed by atoms with Gasteiger partial charge in [0.15, 0.2) is 5.75 Å². The van der Waals surface area contributed by atoms with Crippen LogP contribution in [0.3, 0.4) is 0 Å². The zero-order valence-electron chi connectivity index (χ0n) is 14.1. The quantitative estimate of drug-likeness (QED) is 0.328. The fraction of sp³-hybridized carbons (Fsp3) is 0.211. The molecule has 2 rings (SSSR count). The minimum atomic E-state index is -0.459. The first kappa shape index (κ1) is 17.4. The smallest absolute Gasteiger partial charge is 0.338 e. The lowest BCUT2D eigenvalue weighted by Gasteiger charge is -2.12. The SMILES string of the molecule is C=C(C)C(=O)Oc1cc(Cc2ccc(NC)c(O)c2)ccc1NC. The average Bonchev–Trinajstić information content (AvgIpc) is 2.55. The number of hydrogen-bond acceptors (Lipinski definition) is 5. The zero-order chi connectivity index (χ0) is 17.7. The molecule has 0 aromatic heterocycles. The molecule has 0 aliphatic rings. The Balaban J connectivity index is 2.26. The highest BCUT2D eigenvalue weighted by molar-refractivity contribution is 5.89. The van der Waals surface area contributed by atoms with Crippen molar-refractivity contribution >= 4 is 17.3 Å². The maximum absolute atomic E-state index is 11.8. The molecule has 2 aromatic carbocycles. The van der Waals surface area contributed by atoms with Crippen molar-refractivity contribution in [2.45, 2.75) is 13.3 Å². The van der Waals surface area contributed by atoms with Crippen LogP contribution in [0.25, 0.3) is 0 Å². The third-order valence-electron chi connectivity index (χ3n) is 3.61. The van der Waals surface area contributed by atoms with E-state index in [0.29, 0.717) is 23.4 Å². The molecule has 0 amide bonds. The van der Waals surface area contributed by atoms with Crippen LogP contribution in [0.5, 0.6) is 11.5 Å². The largest absolute Gasteiger partial charge is 0.506 e. The second-order valence-corrected chi connectivity index (χ2v) is 5.53. The van der Waals surface area contributed by atoms with E-state index in [4.69, 9.17) is 4.74 Å². The number of anilines is 2. The molecule has 0 atom stereocenters. The fourth-order valence-corrected chi connectivity index (χ4v) is 2.29. The standard InChI is InChI=1S/C19H22N2O3/c1-12(2)19(23)24-18-11-14(6-8-16(18)21-4)9-13-5-7-15(20-3)17(22)10-13/h5-8,10-11,20-22H,1,9H2,2-4H3. The normalized spacial score (nSPS) is 10.1. The van der Waals surface area contributed by atoms with Gasteiger partial charge in [-0.2, -0.15) is 0 Å². The van der Waals surface area contributed by atoms with E-state index in [1.807, 2.05) is 30.3 Å². The van der Waals surface area contributed by atoms with Gasteiger partial charge in [0.2, 0.25) is 0 Å². The highest BCUT2D eigenvalue weighted by atomic mass is 16.5. The molecule has 24 heavy (non-hydrogen) atoms. The minimum absolute atomic E-state index is 0.204. The Hall–Kier alpha value is -2.95. The van der Waals surface area contributed by atoms with Crippen molar-refractivity contribution in [2.75, 3.05) is 24.7 Å². The van der Waals surface area contributed by atoms with Gasteiger partial charge in [0, 0.05) is 19.7 Å². The van der Waals surface area contributed by atoms with E-state index in [1.165, 1.54) is 0 Å². The molecule has 2 aromatic rings. The highest BCUT2D eigenvalue weighted by Crippen LogP contribution is 2.29. The average molecular weight is 326 g/mol. The van der Waals surface area contributed by atoms with Crippen molar-refractivity contribution in [1.82, 2.24) is 0 Å². The fourth-order valence-electron chi connectivity index (χ4n) is 2.29. The molecule has 0 heterocycles. The van der Waals surface area contributed by atoms with Gasteiger partial charge in [0.05, 0.1) is 11.4 Å². The Morgan fingerprint density at radius 1 is 1.08 bits per heavy atom. The van der Waals surface area contributed by atoms with Crippen LogP contribution in [-0.2, 0) is 11.2 Å². The van der Waals surface area contributed by atoms with E-state index in [-0.39, 0.29) is 5.75 Å². The lowest BCUT2D eigenvalue weighted by molar-refractivity contribution is -0.130. The second-order valence-electron chi connectivity index (χ2n) is 5.53. The molecule has 0 aliphatic carbocycles. The van der Waals surface area contributed by atoms with Gasteiger partial charge in [0.1, 0.15) is 5.75 Å². The van der Waals surface area contributed by atoms with Gasteiger partial charge >= 0.3 is 5.97 Å². The minimum Gasteiger partial charge on any atom is -0.506 e. The number of phenols is 1. The first-order valence-corrected chi connectivity index (χ1v) is 7.62. The van der Waals surface area contributed by atoms with Crippen LogP contribution in [0.15, 0.2) is 48.6 Å². The Bertz CT molecular complexity index is 769. The molecule has 0 unspecified atom stereocenters. The number of carbonyl (C=O) groups excluding carboxylic acids is 1. The molecular weight excluding hydrogens is 304 g/mol. The van der Waals surface area contributed by atoms with Crippen molar-refractivity contribution in [3.05, 3.63) is 59.7 Å². The molecule has 5 nitrogen and oxygen atoms in total. The highest BCUT2D eigenvalue weighted by Gasteiger charge is 2.11. The summed E-state index contributed by atoms with van der Waals surface area (Å²) < 4.78 is 5.38. The van der Waals surface area contributed by atoms with Crippen molar-refractivity contribution in [1.29, 1.82) is 0 Å². The Morgan fingerprint density at radius 3 is 2.21 bits per heavy atom. The molecule has 3 N–H and O–H groups in total. The van der Waals surface area contributed by atoms with Crippen LogP contribution < -0.4 is 15.4 Å². The number of rotatable bonds is 6. The molecule has 0 saturated carbocycles. The summed E-state index contributed by atoms with van der Waals surface area (Å²) in [5, 5.41) is 15.9. The topological polar surface area (TPSA) is 70.6 Å². The number of phenolic OH excluding ortho intramolecular Hbond substituents is 1. The molecule has 126 valence electrons. The van der Waals surface area contributed by atoms with Gasteiger partial charge in [-0.05, 0) is 48.7 Å². The summed E-state index contributed by atoms with van der Waals surface area (Å²) in [5.74, 6) is 0.203. The lowest BCUT2D eigenvalue weighted by Crippen LogP contribution is -2.10. The summed E-state index contributed by atoms with van der Waals surface area (Å²) >= 11 is 0. The Morgan fingerprint density at radius 2 is 1.67 bits per heavy atom. The van der Waals surface area contributed by atoms with Crippen LogP contribution in [0.2, 0.25) is 0 Å². The predicted molar refractivity (Wildman–Crippen MR) is 96.9 cm³/mol. The van der Waals surface area contributed by atoms with E-state index in [2.05, 4.69) is 17.2 Å². The number of aromatic hydroxyl groups is 1. The molecule has 0 radical (unpaired) electrons. The maximum atomic E-state index is 11.8. The van der Waals surface area contributed by atoms with Gasteiger partial charge < -0.3 is 20.5 Å². The number of hydrogen-bond donors (Lipinski definition) is 3. The molecule has 0 saturated heterocycles. The van der Waals surface area contributed by atoms with E-state index in [9.17, 15) is 9.90 Å².